The minimum absolute atomic E-state index is 0.0555. The molecule has 0 atom stereocenters. The van der Waals surface area contributed by atoms with Crippen LogP contribution in [-0.4, -0.2) is 39.0 Å². The Morgan fingerprint density at radius 3 is 2.23 bits per heavy atom. The number of nitrogens with zero attached hydrogens (tertiary/aromatic N) is 1. The second kappa shape index (κ2) is 7.09. The Morgan fingerprint density at radius 2 is 1.68 bits per heavy atom. The number of rotatable bonds is 6. The fourth-order valence-corrected chi connectivity index (χ4v) is 2.42. The number of carbonyl (C=O) groups is 1. The van der Waals surface area contributed by atoms with E-state index in [0.29, 0.717) is 23.4 Å². The maximum Gasteiger partial charge on any atom is 0.196 e. The first kappa shape index (κ1) is 16.0. The largest absolute Gasteiger partial charge is 0.496 e. The first-order chi connectivity index (χ1) is 10.6. The van der Waals surface area contributed by atoms with Crippen LogP contribution < -0.4 is 9.47 Å². The lowest BCUT2D eigenvalue weighted by Gasteiger charge is -2.19. The van der Waals surface area contributed by atoms with E-state index in [1.54, 1.807) is 32.4 Å². The number of benzene rings is 2. The number of hydrogen-bond acceptors (Lipinski definition) is 4. The third-order valence-electron chi connectivity index (χ3n) is 3.40. The molecule has 4 heteroatoms. The number of carbonyl (C=O) groups excluding carboxylic acids is 1. The van der Waals surface area contributed by atoms with E-state index in [1.807, 2.05) is 43.3 Å². The molecule has 0 bridgehead atoms. The Morgan fingerprint density at radius 1 is 1.00 bits per heavy atom. The highest BCUT2D eigenvalue weighted by Crippen LogP contribution is 2.34. The summed E-state index contributed by atoms with van der Waals surface area (Å²) in [6, 6.07) is 12.8. The van der Waals surface area contributed by atoms with Crippen molar-refractivity contribution in [1.82, 2.24) is 4.90 Å². The van der Waals surface area contributed by atoms with Crippen molar-refractivity contribution in [2.45, 2.75) is 6.54 Å². The molecule has 0 N–H and O–H groups in total. The molecule has 0 spiro atoms. The van der Waals surface area contributed by atoms with Gasteiger partial charge in [0.05, 0.1) is 25.3 Å². The number of ether oxygens (including phenoxy) is 2. The highest BCUT2D eigenvalue weighted by molar-refractivity contribution is 6.11. The molecule has 2 rings (SSSR count). The third-order valence-corrected chi connectivity index (χ3v) is 3.40. The maximum atomic E-state index is 12.7. The van der Waals surface area contributed by atoms with Crippen LogP contribution in [0.25, 0.3) is 0 Å². The van der Waals surface area contributed by atoms with Crippen LogP contribution in [-0.2, 0) is 6.54 Å². The first-order valence-corrected chi connectivity index (χ1v) is 7.06. The fourth-order valence-electron chi connectivity index (χ4n) is 2.42. The topological polar surface area (TPSA) is 38.8 Å². The van der Waals surface area contributed by atoms with Crippen molar-refractivity contribution in [2.24, 2.45) is 0 Å². The Balaban J connectivity index is 2.54. The van der Waals surface area contributed by atoms with Crippen molar-refractivity contribution < 1.29 is 14.3 Å². The predicted molar refractivity (Wildman–Crippen MR) is 86.8 cm³/mol. The minimum atomic E-state index is -0.0555. The van der Waals surface area contributed by atoms with E-state index in [1.165, 1.54) is 0 Å². The Hall–Kier alpha value is -2.33. The standard InChI is InChI=1S/C18H21NO3/c1-19(2)12-15-16(21-3)11-10-14(18(15)22-4)17(20)13-8-6-5-7-9-13/h5-11H,12H2,1-4H3. The number of methoxy groups -OCH3 is 2. The van der Waals surface area contributed by atoms with Crippen molar-refractivity contribution >= 4 is 5.78 Å². The van der Waals surface area contributed by atoms with E-state index < -0.39 is 0 Å². The lowest BCUT2D eigenvalue weighted by Crippen LogP contribution is -2.14. The average Bonchev–Trinajstić information content (AvgIpc) is 2.54. The molecular weight excluding hydrogens is 278 g/mol. The van der Waals surface area contributed by atoms with Gasteiger partial charge in [0.2, 0.25) is 0 Å². The van der Waals surface area contributed by atoms with Crippen LogP contribution in [0.15, 0.2) is 42.5 Å². The molecule has 0 saturated heterocycles. The second-order valence-electron chi connectivity index (χ2n) is 5.26. The number of hydrogen-bond donors (Lipinski definition) is 0. The molecule has 2 aromatic carbocycles. The summed E-state index contributed by atoms with van der Waals surface area (Å²) in [6.07, 6.45) is 0. The molecule has 0 amide bonds. The van der Waals surface area contributed by atoms with Crippen LogP contribution in [0.5, 0.6) is 11.5 Å². The van der Waals surface area contributed by atoms with Gasteiger partial charge in [0, 0.05) is 12.1 Å². The fraction of sp³-hybridized carbons (Fsp3) is 0.278. The van der Waals surface area contributed by atoms with Crippen LogP contribution in [0.3, 0.4) is 0 Å². The van der Waals surface area contributed by atoms with Gasteiger partial charge >= 0.3 is 0 Å². The minimum Gasteiger partial charge on any atom is -0.496 e. The summed E-state index contributed by atoms with van der Waals surface area (Å²) >= 11 is 0. The molecule has 116 valence electrons. The van der Waals surface area contributed by atoms with Crippen LogP contribution in [0.1, 0.15) is 21.5 Å². The maximum absolute atomic E-state index is 12.7. The van der Waals surface area contributed by atoms with Crippen molar-refractivity contribution in [3.63, 3.8) is 0 Å². The smallest absolute Gasteiger partial charge is 0.196 e. The van der Waals surface area contributed by atoms with Gasteiger partial charge in [-0.15, -0.1) is 0 Å². The number of ketones is 1. The van der Waals surface area contributed by atoms with Crippen LogP contribution in [0.2, 0.25) is 0 Å². The van der Waals surface area contributed by atoms with Gasteiger partial charge < -0.3 is 14.4 Å². The van der Waals surface area contributed by atoms with Gasteiger partial charge in [-0.3, -0.25) is 4.79 Å². The summed E-state index contributed by atoms with van der Waals surface area (Å²) in [6.45, 7) is 0.627. The molecule has 0 aliphatic heterocycles. The summed E-state index contributed by atoms with van der Waals surface area (Å²) in [7, 11) is 7.12. The first-order valence-electron chi connectivity index (χ1n) is 7.06. The highest BCUT2D eigenvalue weighted by atomic mass is 16.5. The summed E-state index contributed by atoms with van der Waals surface area (Å²) in [5.41, 5.74) is 2.06. The van der Waals surface area contributed by atoms with Gasteiger partial charge in [0.1, 0.15) is 11.5 Å². The van der Waals surface area contributed by atoms with E-state index in [-0.39, 0.29) is 5.78 Å². The zero-order valence-corrected chi connectivity index (χ0v) is 13.4. The Labute approximate surface area is 131 Å². The lowest BCUT2D eigenvalue weighted by molar-refractivity contribution is 0.103. The summed E-state index contributed by atoms with van der Waals surface area (Å²) < 4.78 is 10.9. The zero-order chi connectivity index (χ0) is 16.1. The molecule has 0 unspecified atom stereocenters. The summed E-state index contributed by atoms with van der Waals surface area (Å²) in [5, 5.41) is 0. The van der Waals surface area contributed by atoms with Crippen molar-refractivity contribution in [1.29, 1.82) is 0 Å². The highest BCUT2D eigenvalue weighted by Gasteiger charge is 2.21. The van der Waals surface area contributed by atoms with Crippen molar-refractivity contribution in [3.05, 3.63) is 59.2 Å². The monoisotopic (exact) mass is 299 g/mol. The third kappa shape index (κ3) is 3.28. The molecule has 22 heavy (non-hydrogen) atoms. The molecular formula is C18H21NO3. The molecule has 0 aliphatic rings. The summed E-state index contributed by atoms with van der Waals surface area (Å²) in [4.78, 5) is 14.7. The normalized spacial score (nSPS) is 10.6. The predicted octanol–water partition coefficient (Wildman–Crippen LogP) is 3.00. The molecule has 0 radical (unpaired) electrons. The van der Waals surface area contributed by atoms with E-state index in [0.717, 1.165) is 11.3 Å². The Bertz CT molecular complexity index is 651. The van der Waals surface area contributed by atoms with Crippen molar-refractivity contribution in [2.75, 3.05) is 28.3 Å². The molecule has 4 nitrogen and oxygen atoms in total. The summed E-state index contributed by atoms with van der Waals surface area (Å²) in [5.74, 6) is 1.23. The molecule has 0 fully saturated rings. The quantitative estimate of drug-likeness (QED) is 0.769. The van der Waals surface area contributed by atoms with Gasteiger partial charge in [0.15, 0.2) is 5.78 Å². The van der Waals surface area contributed by atoms with Crippen LogP contribution in [0.4, 0.5) is 0 Å². The molecule has 0 aromatic heterocycles. The SMILES string of the molecule is COc1ccc(C(=O)c2ccccc2)c(OC)c1CN(C)C. The van der Waals surface area contributed by atoms with Gasteiger partial charge in [-0.2, -0.15) is 0 Å². The molecule has 0 aliphatic carbocycles. The van der Waals surface area contributed by atoms with Gasteiger partial charge in [-0.25, -0.2) is 0 Å². The molecule has 0 heterocycles. The van der Waals surface area contributed by atoms with E-state index in [4.69, 9.17) is 9.47 Å². The average molecular weight is 299 g/mol. The lowest BCUT2D eigenvalue weighted by atomic mass is 9.99. The van der Waals surface area contributed by atoms with Gasteiger partial charge in [-0.1, -0.05) is 30.3 Å². The second-order valence-corrected chi connectivity index (χ2v) is 5.26. The molecule has 2 aromatic rings. The van der Waals surface area contributed by atoms with E-state index in [9.17, 15) is 4.79 Å². The van der Waals surface area contributed by atoms with Crippen LogP contribution >= 0.6 is 0 Å². The van der Waals surface area contributed by atoms with Crippen LogP contribution in [0, 0.1) is 0 Å². The zero-order valence-electron chi connectivity index (χ0n) is 13.4. The van der Waals surface area contributed by atoms with E-state index in [2.05, 4.69) is 0 Å². The van der Waals surface area contributed by atoms with E-state index >= 15 is 0 Å². The molecule has 0 saturated carbocycles. The van der Waals surface area contributed by atoms with Gasteiger partial charge in [0.25, 0.3) is 0 Å². The van der Waals surface area contributed by atoms with Gasteiger partial charge in [-0.05, 0) is 26.2 Å². The van der Waals surface area contributed by atoms with Crippen molar-refractivity contribution in [3.8, 4) is 11.5 Å². The Kier molecular flexibility index (Phi) is 5.17.